The van der Waals surface area contributed by atoms with Gasteiger partial charge in [-0.2, -0.15) is 4.52 Å². The van der Waals surface area contributed by atoms with E-state index >= 15 is 0 Å². The van der Waals surface area contributed by atoms with Gasteiger partial charge in [0.25, 0.3) is 0 Å². The van der Waals surface area contributed by atoms with Crippen molar-refractivity contribution in [3.05, 3.63) is 30.1 Å². The summed E-state index contributed by atoms with van der Waals surface area (Å²) in [5.41, 5.74) is 5.64. The van der Waals surface area contributed by atoms with Gasteiger partial charge in [-0.3, -0.25) is 0 Å². The molecule has 0 fully saturated rings. The highest BCUT2D eigenvalue weighted by atomic mass is 32.1. The summed E-state index contributed by atoms with van der Waals surface area (Å²) in [4.78, 5) is 0.695. The molecule has 0 aliphatic rings. The van der Waals surface area contributed by atoms with Crippen molar-refractivity contribution >= 4 is 21.4 Å². The molecule has 0 saturated heterocycles. The van der Waals surface area contributed by atoms with Gasteiger partial charge in [-0.1, -0.05) is 17.4 Å². The first-order valence-corrected chi connectivity index (χ1v) is 7.40. The molecule has 8 heteroatoms. The molecular weight excluding hydrogens is 290 g/mol. The summed E-state index contributed by atoms with van der Waals surface area (Å²) in [6.45, 7) is 3.06. The van der Waals surface area contributed by atoms with Crippen molar-refractivity contribution in [2.75, 3.05) is 18.9 Å². The molecule has 0 amide bonds. The summed E-state index contributed by atoms with van der Waals surface area (Å²) >= 11 is 1.31. The van der Waals surface area contributed by atoms with E-state index in [4.69, 9.17) is 15.2 Å². The molecule has 7 nitrogen and oxygen atoms in total. The van der Waals surface area contributed by atoms with Crippen LogP contribution >= 0.6 is 11.3 Å². The Morgan fingerprint density at radius 2 is 2.05 bits per heavy atom. The fourth-order valence-electron chi connectivity index (χ4n) is 1.91. The minimum atomic E-state index is 0.478. The number of rotatable bonds is 6. The Kier molecular flexibility index (Phi) is 3.87. The summed E-state index contributed by atoms with van der Waals surface area (Å²) < 4.78 is 12.8. The largest absolute Gasteiger partial charge is 0.494 e. The van der Waals surface area contributed by atoms with E-state index in [0.29, 0.717) is 29.7 Å². The zero-order valence-electron chi connectivity index (χ0n) is 11.5. The van der Waals surface area contributed by atoms with Crippen LogP contribution in [0.2, 0.25) is 0 Å². The van der Waals surface area contributed by atoms with Gasteiger partial charge in [0.05, 0.1) is 13.2 Å². The Bertz CT molecular complexity index is 739. The van der Waals surface area contributed by atoms with Gasteiger partial charge in [0.1, 0.15) is 11.5 Å². The molecule has 3 aromatic rings. The highest BCUT2D eigenvalue weighted by Crippen LogP contribution is 2.20. The predicted octanol–water partition coefficient (Wildman–Crippen LogP) is 1.79. The average Bonchev–Trinajstić information content (AvgIpc) is 3.00. The number of hydrogen-bond acceptors (Lipinski definition) is 7. The van der Waals surface area contributed by atoms with Crippen LogP contribution in [0.3, 0.4) is 0 Å². The van der Waals surface area contributed by atoms with Crippen LogP contribution in [-0.4, -0.2) is 33.0 Å². The van der Waals surface area contributed by atoms with Crippen molar-refractivity contribution in [1.29, 1.82) is 0 Å². The lowest BCUT2D eigenvalue weighted by Gasteiger charge is -2.07. The number of nitrogens with two attached hydrogens (primary N) is 1. The maximum Gasteiger partial charge on any atom is 0.236 e. The van der Waals surface area contributed by atoms with Crippen molar-refractivity contribution in [1.82, 2.24) is 19.8 Å². The van der Waals surface area contributed by atoms with E-state index in [9.17, 15) is 0 Å². The zero-order valence-corrected chi connectivity index (χ0v) is 12.3. The van der Waals surface area contributed by atoms with Crippen molar-refractivity contribution in [3.8, 4) is 11.5 Å². The zero-order chi connectivity index (χ0) is 14.7. The van der Waals surface area contributed by atoms with Gasteiger partial charge in [0.2, 0.25) is 10.1 Å². The van der Waals surface area contributed by atoms with Gasteiger partial charge in [-0.05, 0) is 19.1 Å². The molecule has 0 unspecified atom stereocenters. The monoisotopic (exact) mass is 305 g/mol. The maximum atomic E-state index is 5.71. The molecule has 2 N–H and O–H groups in total. The molecule has 0 atom stereocenters. The Morgan fingerprint density at radius 1 is 1.24 bits per heavy atom. The molecule has 0 radical (unpaired) electrons. The van der Waals surface area contributed by atoms with Crippen molar-refractivity contribution in [3.63, 3.8) is 0 Å². The molecule has 2 heterocycles. The number of fused-ring (bicyclic) bond motifs is 1. The van der Waals surface area contributed by atoms with Crippen molar-refractivity contribution in [2.24, 2.45) is 0 Å². The first-order valence-electron chi connectivity index (χ1n) is 6.58. The fourth-order valence-corrected chi connectivity index (χ4v) is 2.53. The van der Waals surface area contributed by atoms with Crippen molar-refractivity contribution in [2.45, 2.75) is 13.3 Å². The van der Waals surface area contributed by atoms with Gasteiger partial charge in [-0.25, -0.2) is 0 Å². The van der Waals surface area contributed by atoms with E-state index in [1.54, 1.807) is 4.52 Å². The molecule has 0 spiro atoms. The summed E-state index contributed by atoms with van der Waals surface area (Å²) in [6, 6.07) is 7.56. The number of nitrogen functional groups attached to an aromatic ring is 1. The molecule has 3 rings (SSSR count). The van der Waals surface area contributed by atoms with Crippen LogP contribution in [0.4, 0.5) is 5.13 Å². The number of ether oxygens (including phenoxy) is 2. The van der Waals surface area contributed by atoms with E-state index in [2.05, 4.69) is 15.3 Å². The average molecular weight is 305 g/mol. The third-order valence-corrected chi connectivity index (χ3v) is 3.51. The second kappa shape index (κ2) is 5.96. The van der Waals surface area contributed by atoms with Gasteiger partial charge in [0.15, 0.2) is 5.82 Å². The van der Waals surface area contributed by atoms with Gasteiger partial charge < -0.3 is 15.2 Å². The van der Waals surface area contributed by atoms with Crippen LogP contribution in [0.15, 0.2) is 24.3 Å². The second-order valence-electron chi connectivity index (χ2n) is 4.26. The lowest BCUT2D eigenvalue weighted by molar-refractivity contribution is 0.309. The number of hydrogen-bond donors (Lipinski definition) is 1. The molecule has 0 bridgehead atoms. The standard InChI is InChI=1S/C13H15N5O2S/c1-2-19-9-4-3-5-10(8-9)20-7-6-11-15-16-13-18(11)17-12(14)21-13/h3-5,8H,2,6-7H2,1H3,(H2,14,17). The van der Waals surface area contributed by atoms with Crippen LogP contribution in [-0.2, 0) is 6.42 Å². The number of anilines is 1. The van der Waals surface area contributed by atoms with E-state index in [1.807, 2.05) is 31.2 Å². The summed E-state index contributed by atoms with van der Waals surface area (Å²) in [7, 11) is 0. The summed E-state index contributed by atoms with van der Waals surface area (Å²) in [5.74, 6) is 2.30. The van der Waals surface area contributed by atoms with Crippen molar-refractivity contribution < 1.29 is 9.47 Å². The minimum Gasteiger partial charge on any atom is -0.494 e. The molecule has 2 aromatic heterocycles. The normalized spacial score (nSPS) is 10.9. The Morgan fingerprint density at radius 3 is 2.86 bits per heavy atom. The van der Waals surface area contributed by atoms with Crippen LogP contribution in [0, 0.1) is 0 Å². The number of benzene rings is 1. The van der Waals surface area contributed by atoms with E-state index < -0.39 is 0 Å². The molecule has 0 saturated carbocycles. The Hall–Kier alpha value is -2.35. The smallest absolute Gasteiger partial charge is 0.236 e. The third kappa shape index (κ3) is 3.05. The second-order valence-corrected chi connectivity index (χ2v) is 5.24. The number of aromatic nitrogens is 4. The minimum absolute atomic E-state index is 0.478. The van der Waals surface area contributed by atoms with E-state index in [0.717, 1.165) is 17.3 Å². The molecule has 0 aliphatic carbocycles. The first-order chi connectivity index (χ1) is 10.3. The van der Waals surface area contributed by atoms with E-state index in [-0.39, 0.29) is 0 Å². The van der Waals surface area contributed by atoms with Crippen LogP contribution in [0.25, 0.3) is 4.96 Å². The van der Waals surface area contributed by atoms with Crippen LogP contribution < -0.4 is 15.2 Å². The third-order valence-electron chi connectivity index (χ3n) is 2.78. The Labute approximate surface area is 125 Å². The van der Waals surface area contributed by atoms with E-state index in [1.165, 1.54) is 11.3 Å². The maximum absolute atomic E-state index is 5.71. The highest BCUT2D eigenvalue weighted by Gasteiger charge is 2.10. The number of nitrogens with zero attached hydrogens (tertiary/aromatic N) is 4. The van der Waals surface area contributed by atoms with Crippen LogP contribution in [0.1, 0.15) is 12.7 Å². The molecular formula is C13H15N5O2S. The fraction of sp³-hybridized carbons (Fsp3) is 0.308. The molecule has 1 aromatic carbocycles. The van der Waals surface area contributed by atoms with Gasteiger partial charge >= 0.3 is 0 Å². The quantitative estimate of drug-likeness (QED) is 0.747. The lowest BCUT2D eigenvalue weighted by Crippen LogP contribution is -2.06. The summed E-state index contributed by atoms with van der Waals surface area (Å²) in [6.07, 6.45) is 0.600. The summed E-state index contributed by atoms with van der Waals surface area (Å²) in [5, 5.41) is 12.7. The molecule has 110 valence electrons. The predicted molar refractivity (Wildman–Crippen MR) is 79.9 cm³/mol. The highest BCUT2D eigenvalue weighted by molar-refractivity contribution is 7.20. The van der Waals surface area contributed by atoms with Gasteiger partial charge in [-0.15, -0.1) is 15.3 Å². The first kappa shape index (κ1) is 13.6. The topological polar surface area (TPSA) is 87.6 Å². The lowest BCUT2D eigenvalue weighted by atomic mass is 10.3. The molecule has 21 heavy (non-hydrogen) atoms. The van der Waals surface area contributed by atoms with Crippen LogP contribution in [0.5, 0.6) is 11.5 Å². The molecule has 0 aliphatic heterocycles. The SMILES string of the molecule is CCOc1cccc(OCCc2nnc3sc(N)nn23)c1. The van der Waals surface area contributed by atoms with Gasteiger partial charge in [0, 0.05) is 12.5 Å². The Balaban J connectivity index is 1.61.